The highest BCUT2D eigenvalue weighted by atomic mass is 28.4. The highest BCUT2D eigenvalue weighted by Crippen LogP contribution is 2.37. The predicted octanol–water partition coefficient (Wildman–Crippen LogP) is 3.74. The van der Waals surface area contributed by atoms with Gasteiger partial charge in [-0.25, -0.2) is 4.89 Å². The number of rotatable bonds is 2. The molecule has 0 N–H and O–H groups in total. The van der Waals surface area contributed by atoms with Crippen LogP contribution in [0, 0.1) is 0 Å². The average molecular weight is 204 g/mol. The van der Waals surface area contributed by atoms with Gasteiger partial charge in [0.15, 0.2) is 0 Å². The van der Waals surface area contributed by atoms with E-state index >= 15 is 0 Å². The van der Waals surface area contributed by atoms with Crippen molar-refractivity contribution in [3.8, 4) is 0 Å². The summed E-state index contributed by atoms with van der Waals surface area (Å²) in [6.45, 7) is 17.0. The predicted molar refractivity (Wildman–Crippen MR) is 59.1 cm³/mol. The zero-order chi connectivity index (χ0) is 10.9. The zero-order valence-corrected chi connectivity index (χ0v) is 11.3. The quantitative estimate of drug-likeness (QED) is 0.387. The van der Waals surface area contributed by atoms with E-state index in [-0.39, 0.29) is 10.6 Å². The molecule has 0 aliphatic carbocycles. The summed E-state index contributed by atoms with van der Waals surface area (Å²) in [5, 5.41) is 0.207. The second-order valence-electron chi connectivity index (χ2n) is 6.04. The lowest BCUT2D eigenvalue weighted by Gasteiger charge is -2.36. The average Bonchev–Trinajstić information content (AvgIpc) is 1.79. The zero-order valence-electron chi connectivity index (χ0n) is 10.3. The Morgan fingerprint density at radius 3 is 1.46 bits per heavy atom. The van der Waals surface area contributed by atoms with E-state index in [1.165, 1.54) is 0 Å². The van der Waals surface area contributed by atoms with Crippen LogP contribution in [0.2, 0.25) is 18.1 Å². The van der Waals surface area contributed by atoms with Gasteiger partial charge >= 0.3 is 0 Å². The van der Waals surface area contributed by atoms with E-state index in [1.54, 1.807) is 0 Å². The van der Waals surface area contributed by atoms with Gasteiger partial charge in [-0.15, -0.1) is 0 Å². The van der Waals surface area contributed by atoms with Crippen LogP contribution < -0.4 is 0 Å². The van der Waals surface area contributed by atoms with Crippen molar-refractivity contribution in [3.05, 3.63) is 0 Å². The molecule has 0 spiro atoms. The Kier molecular flexibility index (Phi) is 3.75. The maximum Gasteiger partial charge on any atom is 0.238 e. The first kappa shape index (κ1) is 13.1. The molecule has 0 fully saturated rings. The van der Waals surface area contributed by atoms with Crippen LogP contribution in [-0.4, -0.2) is 13.9 Å². The third-order valence-electron chi connectivity index (χ3n) is 2.31. The molecule has 3 heteroatoms. The molecule has 0 aromatic heterocycles. The van der Waals surface area contributed by atoms with Gasteiger partial charge in [-0.2, -0.15) is 0 Å². The summed E-state index contributed by atoms with van der Waals surface area (Å²) in [6, 6.07) is 0. The van der Waals surface area contributed by atoms with Gasteiger partial charge in [-0.3, -0.25) is 4.58 Å². The first-order valence-electron chi connectivity index (χ1n) is 4.82. The van der Waals surface area contributed by atoms with E-state index < -0.39 is 8.32 Å². The summed E-state index contributed by atoms with van der Waals surface area (Å²) in [7, 11) is -1.74. The summed E-state index contributed by atoms with van der Waals surface area (Å²) >= 11 is 0. The van der Waals surface area contributed by atoms with Gasteiger partial charge in [0.1, 0.15) is 0 Å². The Morgan fingerprint density at radius 1 is 0.846 bits per heavy atom. The molecule has 0 saturated heterocycles. The normalized spacial score (nSPS) is 14.8. The molecule has 0 bridgehead atoms. The lowest BCUT2D eigenvalue weighted by molar-refractivity contribution is -0.287. The van der Waals surface area contributed by atoms with Crippen LogP contribution in [0.25, 0.3) is 0 Å². The summed E-state index contributed by atoms with van der Waals surface area (Å²) in [5.41, 5.74) is -0.213. The monoisotopic (exact) mass is 204 g/mol. The minimum Gasteiger partial charge on any atom is -0.286 e. The Labute approximate surface area is 83.7 Å². The van der Waals surface area contributed by atoms with Crippen molar-refractivity contribution in [1.82, 2.24) is 0 Å². The molecule has 0 radical (unpaired) electrons. The van der Waals surface area contributed by atoms with Gasteiger partial charge < -0.3 is 0 Å². The van der Waals surface area contributed by atoms with E-state index in [0.29, 0.717) is 0 Å². The highest BCUT2D eigenvalue weighted by Gasteiger charge is 2.39. The molecule has 0 aliphatic rings. The van der Waals surface area contributed by atoms with Crippen LogP contribution in [-0.2, 0) is 9.46 Å². The van der Waals surface area contributed by atoms with Crippen molar-refractivity contribution < 1.29 is 9.46 Å². The molecule has 0 aliphatic heterocycles. The van der Waals surface area contributed by atoms with Crippen molar-refractivity contribution in [2.24, 2.45) is 0 Å². The van der Waals surface area contributed by atoms with E-state index in [0.717, 1.165) is 0 Å². The van der Waals surface area contributed by atoms with Gasteiger partial charge in [0.25, 0.3) is 0 Å². The minimum atomic E-state index is -1.74. The molecule has 0 aromatic rings. The Morgan fingerprint density at radius 2 is 1.23 bits per heavy atom. The minimum absolute atomic E-state index is 0.207. The third kappa shape index (κ3) is 4.79. The maximum atomic E-state index is 5.60. The standard InChI is InChI=1S/C10H24O2Si/c1-9(2,3)11-12-13(7,8)10(4,5)6/h1-8H3. The smallest absolute Gasteiger partial charge is 0.238 e. The first-order valence-corrected chi connectivity index (χ1v) is 7.73. The largest absolute Gasteiger partial charge is 0.286 e. The fourth-order valence-electron chi connectivity index (χ4n) is 0.354. The Balaban J connectivity index is 4.21. The summed E-state index contributed by atoms with van der Waals surface area (Å²) in [4.78, 5) is 5.38. The fourth-order valence-corrected chi connectivity index (χ4v) is 1.06. The Hall–Kier alpha value is 0.137. The van der Waals surface area contributed by atoms with Gasteiger partial charge in [0.2, 0.25) is 8.32 Å². The maximum absolute atomic E-state index is 5.60. The molecule has 13 heavy (non-hydrogen) atoms. The number of hydrogen-bond acceptors (Lipinski definition) is 2. The van der Waals surface area contributed by atoms with Crippen LogP contribution in [0.1, 0.15) is 41.5 Å². The van der Waals surface area contributed by atoms with Crippen molar-refractivity contribution in [3.63, 3.8) is 0 Å². The second-order valence-corrected chi connectivity index (χ2v) is 10.7. The van der Waals surface area contributed by atoms with Crippen LogP contribution in [0.3, 0.4) is 0 Å². The molecule has 2 nitrogen and oxygen atoms in total. The van der Waals surface area contributed by atoms with Crippen molar-refractivity contribution in [2.75, 3.05) is 0 Å². The molecule has 0 aromatic carbocycles. The molecule has 0 rings (SSSR count). The van der Waals surface area contributed by atoms with Crippen molar-refractivity contribution in [2.45, 2.75) is 65.3 Å². The van der Waals surface area contributed by atoms with Gasteiger partial charge in [0.05, 0.1) is 5.60 Å². The SMILES string of the molecule is CC(C)(C)OO[Si](C)(C)C(C)(C)C. The molecule has 0 saturated carbocycles. The molecule has 0 atom stereocenters. The number of hydrogen-bond donors (Lipinski definition) is 0. The molecule has 0 amide bonds. The lowest BCUT2D eigenvalue weighted by atomic mass is 10.2. The topological polar surface area (TPSA) is 18.5 Å². The van der Waals surface area contributed by atoms with Crippen molar-refractivity contribution >= 4 is 8.32 Å². The van der Waals surface area contributed by atoms with Gasteiger partial charge in [-0.05, 0) is 38.9 Å². The van der Waals surface area contributed by atoms with Gasteiger partial charge in [-0.1, -0.05) is 20.8 Å². The molecular weight excluding hydrogens is 180 g/mol. The molecule has 80 valence electrons. The van der Waals surface area contributed by atoms with E-state index in [9.17, 15) is 0 Å². The van der Waals surface area contributed by atoms with Gasteiger partial charge in [0, 0.05) is 0 Å². The second kappa shape index (κ2) is 3.71. The summed E-state index contributed by atoms with van der Waals surface area (Å²) in [5.74, 6) is 0. The first-order chi connectivity index (χ1) is 5.46. The van der Waals surface area contributed by atoms with E-state index in [1.807, 2.05) is 20.8 Å². The molecule has 0 unspecified atom stereocenters. The van der Waals surface area contributed by atoms with Crippen LogP contribution in [0.15, 0.2) is 0 Å². The Bertz CT molecular complexity index is 163. The van der Waals surface area contributed by atoms with E-state index in [4.69, 9.17) is 9.46 Å². The van der Waals surface area contributed by atoms with E-state index in [2.05, 4.69) is 33.9 Å². The van der Waals surface area contributed by atoms with Crippen LogP contribution >= 0.6 is 0 Å². The van der Waals surface area contributed by atoms with Crippen molar-refractivity contribution in [1.29, 1.82) is 0 Å². The summed E-state index contributed by atoms with van der Waals surface area (Å²) < 4.78 is 5.60. The fraction of sp³-hybridized carbons (Fsp3) is 1.00. The molecular formula is C10H24O2Si. The van der Waals surface area contributed by atoms with Crippen LogP contribution in [0.4, 0.5) is 0 Å². The third-order valence-corrected chi connectivity index (χ3v) is 6.42. The summed E-state index contributed by atoms with van der Waals surface area (Å²) in [6.07, 6.45) is 0. The highest BCUT2D eigenvalue weighted by molar-refractivity contribution is 6.73. The van der Waals surface area contributed by atoms with Crippen LogP contribution in [0.5, 0.6) is 0 Å². The lowest BCUT2D eigenvalue weighted by Crippen LogP contribution is -2.42. The molecule has 0 heterocycles.